The first-order valence-electron chi connectivity index (χ1n) is 4.15. The summed E-state index contributed by atoms with van der Waals surface area (Å²) in [7, 11) is 0. The van der Waals surface area contributed by atoms with Crippen molar-refractivity contribution in [1.82, 2.24) is 9.55 Å². The molecule has 0 saturated carbocycles. The Morgan fingerprint density at radius 3 is 3.00 bits per heavy atom. The second-order valence-electron chi connectivity index (χ2n) is 3.62. The Morgan fingerprint density at radius 1 is 1.64 bits per heavy atom. The number of rotatable bonds is 1. The van der Waals surface area contributed by atoms with E-state index in [4.69, 9.17) is 0 Å². The van der Waals surface area contributed by atoms with Gasteiger partial charge in [-0.05, 0) is 19.0 Å². The quantitative estimate of drug-likeness (QED) is 0.520. The fourth-order valence-electron chi connectivity index (χ4n) is 1.48. The molecule has 0 aliphatic carbocycles. The predicted molar refractivity (Wildman–Crippen MR) is 53.3 cm³/mol. The molecule has 1 aliphatic rings. The van der Waals surface area contributed by atoms with E-state index in [0.29, 0.717) is 5.16 Å². The lowest BCUT2D eigenvalue weighted by atomic mass is 10.1. The molecule has 14 heavy (non-hydrogen) atoms. The van der Waals surface area contributed by atoms with Crippen molar-refractivity contribution in [2.45, 2.75) is 29.9 Å². The maximum Gasteiger partial charge on any atom is 0.256 e. The molecule has 0 aromatic carbocycles. The Morgan fingerprint density at radius 2 is 2.36 bits per heavy atom. The van der Waals surface area contributed by atoms with Crippen molar-refractivity contribution in [2.75, 3.05) is 0 Å². The molecule has 1 aliphatic heterocycles. The third-order valence-corrected chi connectivity index (χ3v) is 3.39. The summed E-state index contributed by atoms with van der Waals surface area (Å²) < 4.78 is 0.944. The number of hydrogen-bond acceptors (Lipinski definition) is 5. The van der Waals surface area contributed by atoms with Gasteiger partial charge in [-0.1, -0.05) is 11.8 Å². The van der Waals surface area contributed by atoms with Crippen molar-refractivity contribution in [1.29, 1.82) is 0 Å². The molecule has 0 fully saturated rings. The second-order valence-corrected chi connectivity index (χ2v) is 5.24. The average molecular weight is 211 g/mol. The highest BCUT2D eigenvalue weighted by atomic mass is 32.2. The lowest BCUT2D eigenvalue weighted by Crippen LogP contribution is -2.29. The number of nitroso groups, excluding NO2 is 1. The first-order chi connectivity index (χ1) is 6.56. The summed E-state index contributed by atoms with van der Waals surface area (Å²) in [6.45, 7) is 3.75. The van der Waals surface area contributed by atoms with Crippen LogP contribution < -0.4 is 5.56 Å². The van der Waals surface area contributed by atoms with Crippen molar-refractivity contribution in [3.8, 4) is 0 Å². The van der Waals surface area contributed by atoms with Crippen LogP contribution in [0.4, 0.5) is 0 Å². The molecule has 2 rings (SSSR count). The molecular formula is C8H9N3O2S. The van der Waals surface area contributed by atoms with E-state index in [1.807, 2.05) is 13.8 Å². The van der Waals surface area contributed by atoms with Gasteiger partial charge in [0, 0.05) is 12.3 Å². The molecule has 1 unspecified atom stereocenters. The van der Waals surface area contributed by atoms with Crippen molar-refractivity contribution in [2.24, 2.45) is 5.18 Å². The van der Waals surface area contributed by atoms with E-state index in [1.54, 1.807) is 0 Å². The van der Waals surface area contributed by atoms with Gasteiger partial charge in [-0.25, -0.2) is 4.98 Å². The highest BCUT2D eigenvalue weighted by Crippen LogP contribution is 2.46. The number of nitrogens with zero attached hydrogens (tertiary/aromatic N) is 3. The lowest BCUT2D eigenvalue weighted by Gasteiger charge is -2.18. The minimum Gasteiger partial charge on any atom is -0.269 e. The molecule has 1 atom stereocenters. The van der Waals surface area contributed by atoms with E-state index >= 15 is 0 Å². The number of fused-ring (bicyclic) bond motifs is 1. The Balaban J connectivity index is 2.66. The van der Waals surface area contributed by atoms with Crippen molar-refractivity contribution in [3.05, 3.63) is 27.5 Å². The molecule has 0 radical (unpaired) electrons. The Kier molecular flexibility index (Phi) is 1.95. The molecule has 1 aromatic heterocycles. The van der Waals surface area contributed by atoms with E-state index in [2.05, 4.69) is 10.2 Å². The standard InChI is InChI=1S/C8H9N3O2S/c1-8(2)6(10-13)11-5(12)3-4-9-7(11)14-8/h3-4,6H,1-2H3. The fraction of sp³-hybridized carbons (Fsp3) is 0.500. The topological polar surface area (TPSA) is 64.3 Å². The third-order valence-electron chi connectivity index (χ3n) is 2.17. The van der Waals surface area contributed by atoms with Crippen LogP contribution in [0.2, 0.25) is 0 Å². The van der Waals surface area contributed by atoms with Crippen LogP contribution in [0.25, 0.3) is 0 Å². The van der Waals surface area contributed by atoms with Gasteiger partial charge in [0.1, 0.15) is 0 Å². The van der Waals surface area contributed by atoms with Gasteiger partial charge in [-0.2, -0.15) is 0 Å². The third kappa shape index (κ3) is 1.18. The Hall–Kier alpha value is -1.17. The summed E-state index contributed by atoms with van der Waals surface area (Å²) in [4.78, 5) is 26.2. The molecule has 6 heteroatoms. The van der Waals surface area contributed by atoms with Crippen LogP contribution in [0.15, 0.2) is 27.4 Å². The molecule has 2 heterocycles. The summed E-state index contributed by atoms with van der Waals surface area (Å²) in [5, 5.41) is 3.56. The normalized spacial score (nSPS) is 23.1. The van der Waals surface area contributed by atoms with E-state index in [1.165, 1.54) is 28.6 Å². The monoisotopic (exact) mass is 211 g/mol. The fourth-order valence-corrected chi connectivity index (χ4v) is 2.60. The largest absolute Gasteiger partial charge is 0.269 e. The van der Waals surface area contributed by atoms with Crippen LogP contribution in [0.3, 0.4) is 0 Å². The van der Waals surface area contributed by atoms with E-state index in [9.17, 15) is 9.70 Å². The van der Waals surface area contributed by atoms with Crippen LogP contribution in [-0.4, -0.2) is 14.3 Å². The first kappa shape index (κ1) is 9.39. The summed E-state index contributed by atoms with van der Waals surface area (Å²) in [5.41, 5.74) is -0.224. The second kappa shape index (κ2) is 2.91. The van der Waals surface area contributed by atoms with Gasteiger partial charge >= 0.3 is 0 Å². The van der Waals surface area contributed by atoms with Crippen LogP contribution in [0, 0.1) is 4.91 Å². The number of hydrogen-bond donors (Lipinski definition) is 0. The van der Waals surface area contributed by atoms with E-state index in [0.717, 1.165) is 0 Å². The first-order valence-corrected chi connectivity index (χ1v) is 4.97. The predicted octanol–water partition coefficient (Wildman–Crippen LogP) is 1.39. The zero-order chi connectivity index (χ0) is 10.3. The van der Waals surface area contributed by atoms with Gasteiger partial charge < -0.3 is 0 Å². The van der Waals surface area contributed by atoms with Crippen LogP contribution in [0.1, 0.15) is 20.0 Å². The molecular weight excluding hydrogens is 202 g/mol. The van der Waals surface area contributed by atoms with Gasteiger partial charge in [0.25, 0.3) is 5.56 Å². The van der Waals surface area contributed by atoms with Crippen molar-refractivity contribution >= 4 is 11.8 Å². The number of aromatic nitrogens is 2. The molecule has 0 spiro atoms. The SMILES string of the molecule is CC1(C)Sc2nccc(=O)n2C1N=O. The summed E-state index contributed by atoms with van der Waals surface area (Å²) in [6.07, 6.45) is 0.786. The molecule has 0 bridgehead atoms. The smallest absolute Gasteiger partial charge is 0.256 e. The average Bonchev–Trinajstić information content (AvgIpc) is 2.36. The van der Waals surface area contributed by atoms with Gasteiger partial charge in [0.05, 0.1) is 4.75 Å². The van der Waals surface area contributed by atoms with E-state index < -0.39 is 10.9 Å². The molecule has 1 aromatic rings. The van der Waals surface area contributed by atoms with Crippen LogP contribution in [-0.2, 0) is 0 Å². The summed E-state index contributed by atoms with van der Waals surface area (Å²) in [5.74, 6) is 0. The number of thioether (sulfide) groups is 1. The Bertz CT molecular complexity index is 440. The van der Waals surface area contributed by atoms with Gasteiger partial charge in [-0.15, -0.1) is 4.91 Å². The Labute approximate surface area is 84.5 Å². The zero-order valence-corrected chi connectivity index (χ0v) is 8.61. The van der Waals surface area contributed by atoms with E-state index in [-0.39, 0.29) is 5.56 Å². The highest BCUT2D eigenvalue weighted by molar-refractivity contribution is 8.00. The van der Waals surface area contributed by atoms with Crippen LogP contribution >= 0.6 is 11.8 Å². The maximum atomic E-state index is 11.5. The molecule has 74 valence electrons. The van der Waals surface area contributed by atoms with Crippen LogP contribution in [0.5, 0.6) is 0 Å². The highest BCUT2D eigenvalue weighted by Gasteiger charge is 2.42. The molecule has 5 nitrogen and oxygen atoms in total. The maximum absolute atomic E-state index is 11.5. The minimum atomic E-state index is -0.663. The van der Waals surface area contributed by atoms with Gasteiger partial charge in [0.15, 0.2) is 11.3 Å². The molecule has 0 N–H and O–H groups in total. The lowest BCUT2D eigenvalue weighted by molar-refractivity contribution is 0.409. The van der Waals surface area contributed by atoms with Crippen molar-refractivity contribution < 1.29 is 0 Å². The summed E-state index contributed by atoms with van der Waals surface area (Å²) >= 11 is 1.40. The zero-order valence-electron chi connectivity index (χ0n) is 7.80. The molecule has 0 amide bonds. The van der Waals surface area contributed by atoms with Gasteiger partial charge in [0.2, 0.25) is 0 Å². The molecule has 0 saturated heterocycles. The van der Waals surface area contributed by atoms with Crippen molar-refractivity contribution in [3.63, 3.8) is 0 Å². The summed E-state index contributed by atoms with van der Waals surface area (Å²) in [6, 6.07) is 1.34. The van der Waals surface area contributed by atoms with Gasteiger partial charge in [-0.3, -0.25) is 9.36 Å². The minimum absolute atomic E-state index is 0.224.